The lowest BCUT2D eigenvalue weighted by molar-refractivity contribution is -0.885. The van der Waals surface area contributed by atoms with Crippen molar-refractivity contribution >= 4 is 27.5 Å². The van der Waals surface area contributed by atoms with Crippen LogP contribution in [0.15, 0.2) is 42.5 Å². The maximum Gasteiger partial charge on any atom is 0.277 e. The fourth-order valence-electron chi connectivity index (χ4n) is 3.07. The molecule has 0 bridgehead atoms. The SMILES string of the molecule is COc1ccc(C[NH+](C)CC(=O)N(C)Cc2nc3ccccc3s2)cc1OC. The molecular formula is C21H26N3O3S+. The summed E-state index contributed by atoms with van der Waals surface area (Å²) in [4.78, 5) is 20.1. The van der Waals surface area contributed by atoms with Crippen LogP contribution in [-0.4, -0.2) is 50.7 Å². The molecule has 28 heavy (non-hydrogen) atoms. The number of quaternary nitrogens is 1. The summed E-state index contributed by atoms with van der Waals surface area (Å²) in [5.41, 5.74) is 2.08. The molecule has 1 unspecified atom stereocenters. The monoisotopic (exact) mass is 400 g/mol. The Labute approximate surface area is 169 Å². The highest BCUT2D eigenvalue weighted by Crippen LogP contribution is 2.27. The molecule has 0 saturated heterocycles. The van der Waals surface area contributed by atoms with Crippen LogP contribution < -0.4 is 14.4 Å². The van der Waals surface area contributed by atoms with Crippen molar-refractivity contribution in [2.75, 3.05) is 34.9 Å². The number of nitrogens with one attached hydrogen (secondary N) is 1. The molecule has 0 aliphatic heterocycles. The number of thiazole rings is 1. The van der Waals surface area contributed by atoms with Gasteiger partial charge < -0.3 is 19.3 Å². The number of hydrogen-bond acceptors (Lipinski definition) is 5. The number of aromatic nitrogens is 1. The third kappa shape index (κ3) is 4.79. The van der Waals surface area contributed by atoms with E-state index in [-0.39, 0.29) is 5.91 Å². The number of para-hydroxylation sites is 1. The van der Waals surface area contributed by atoms with E-state index in [1.54, 1.807) is 30.5 Å². The van der Waals surface area contributed by atoms with Gasteiger partial charge >= 0.3 is 0 Å². The molecule has 0 radical (unpaired) electrons. The predicted octanol–water partition coefficient (Wildman–Crippen LogP) is 1.99. The van der Waals surface area contributed by atoms with Crippen LogP contribution in [0.4, 0.5) is 0 Å². The number of hydrogen-bond donors (Lipinski definition) is 1. The van der Waals surface area contributed by atoms with E-state index in [4.69, 9.17) is 9.47 Å². The molecule has 1 amide bonds. The summed E-state index contributed by atoms with van der Waals surface area (Å²) in [5.74, 6) is 1.50. The van der Waals surface area contributed by atoms with Gasteiger partial charge in [0, 0.05) is 12.6 Å². The smallest absolute Gasteiger partial charge is 0.277 e. The van der Waals surface area contributed by atoms with Crippen molar-refractivity contribution in [3.63, 3.8) is 0 Å². The highest BCUT2D eigenvalue weighted by atomic mass is 32.1. The number of carbonyl (C=O) groups is 1. The van der Waals surface area contributed by atoms with Gasteiger partial charge in [0.15, 0.2) is 18.0 Å². The van der Waals surface area contributed by atoms with Crippen LogP contribution in [0, 0.1) is 0 Å². The third-order valence-electron chi connectivity index (χ3n) is 4.54. The minimum atomic E-state index is 0.0947. The standard InChI is InChI=1S/C21H25N3O3S/c1-23(12-15-9-10-17(26-3)18(11-15)27-4)14-21(25)24(2)13-20-22-16-7-5-6-8-19(16)28-20/h5-11H,12-14H2,1-4H3/p+1. The first-order chi connectivity index (χ1) is 13.5. The van der Waals surface area contributed by atoms with E-state index in [9.17, 15) is 4.79 Å². The van der Waals surface area contributed by atoms with Crippen LogP contribution in [0.3, 0.4) is 0 Å². The Bertz CT molecular complexity index is 924. The van der Waals surface area contributed by atoms with Gasteiger partial charge in [-0.25, -0.2) is 4.98 Å². The first-order valence-electron chi connectivity index (χ1n) is 9.10. The van der Waals surface area contributed by atoms with Gasteiger partial charge in [-0.05, 0) is 30.3 Å². The van der Waals surface area contributed by atoms with E-state index in [1.807, 2.05) is 50.5 Å². The summed E-state index contributed by atoms with van der Waals surface area (Å²) in [7, 11) is 7.09. The second kappa shape index (κ2) is 9.03. The number of amides is 1. The molecule has 0 aliphatic rings. The zero-order valence-corrected chi connectivity index (χ0v) is 17.5. The summed E-state index contributed by atoms with van der Waals surface area (Å²) in [6.45, 7) is 1.67. The minimum absolute atomic E-state index is 0.0947. The highest BCUT2D eigenvalue weighted by molar-refractivity contribution is 7.18. The maximum absolute atomic E-state index is 12.6. The molecule has 1 aromatic heterocycles. The molecule has 6 nitrogen and oxygen atoms in total. The number of nitrogens with zero attached hydrogens (tertiary/aromatic N) is 2. The largest absolute Gasteiger partial charge is 0.493 e. The average Bonchev–Trinajstić information content (AvgIpc) is 3.09. The zero-order chi connectivity index (χ0) is 20.1. The van der Waals surface area contributed by atoms with E-state index in [0.29, 0.717) is 24.6 Å². The molecule has 1 heterocycles. The molecule has 0 fully saturated rings. The molecule has 3 aromatic rings. The lowest BCUT2D eigenvalue weighted by atomic mass is 10.2. The van der Waals surface area contributed by atoms with Crippen molar-refractivity contribution in [1.29, 1.82) is 0 Å². The summed E-state index contributed by atoms with van der Waals surface area (Å²) >= 11 is 1.63. The van der Waals surface area contributed by atoms with E-state index in [2.05, 4.69) is 11.1 Å². The Morgan fingerprint density at radius 1 is 1.14 bits per heavy atom. The molecule has 7 heteroatoms. The van der Waals surface area contributed by atoms with Gasteiger partial charge in [-0.2, -0.15) is 0 Å². The average molecular weight is 401 g/mol. The second-order valence-corrected chi connectivity index (χ2v) is 7.94. The van der Waals surface area contributed by atoms with Gasteiger partial charge in [-0.3, -0.25) is 4.79 Å². The number of ether oxygens (including phenoxy) is 2. The Hall–Kier alpha value is -2.64. The Kier molecular flexibility index (Phi) is 6.49. The van der Waals surface area contributed by atoms with Crippen molar-refractivity contribution in [1.82, 2.24) is 9.88 Å². The lowest BCUT2D eigenvalue weighted by Gasteiger charge is -2.19. The fourth-order valence-corrected chi connectivity index (χ4v) is 4.09. The molecule has 1 N–H and O–H groups in total. The van der Waals surface area contributed by atoms with Crippen molar-refractivity contribution in [3.05, 3.63) is 53.0 Å². The van der Waals surface area contributed by atoms with E-state index >= 15 is 0 Å². The van der Waals surface area contributed by atoms with Gasteiger partial charge in [-0.1, -0.05) is 12.1 Å². The molecule has 1 atom stereocenters. The number of methoxy groups -OCH3 is 2. The van der Waals surface area contributed by atoms with Crippen molar-refractivity contribution < 1.29 is 19.2 Å². The summed E-state index contributed by atoms with van der Waals surface area (Å²) in [5, 5.41) is 0.953. The molecule has 3 rings (SSSR count). The molecule has 0 aliphatic carbocycles. The number of carbonyl (C=O) groups excluding carboxylic acids is 1. The summed E-state index contributed by atoms with van der Waals surface area (Å²) < 4.78 is 11.8. The van der Waals surface area contributed by atoms with Gasteiger partial charge in [0.1, 0.15) is 11.6 Å². The zero-order valence-electron chi connectivity index (χ0n) is 16.7. The van der Waals surface area contributed by atoms with Crippen LogP contribution in [-0.2, 0) is 17.9 Å². The normalized spacial score (nSPS) is 12.0. The van der Waals surface area contributed by atoms with E-state index < -0.39 is 0 Å². The number of rotatable bonds is 8. The molecule has 2 aromatic carbocycles. The first-order valence-corrected chi connectivity index (χ1v) is 9.92. The molecule has 0 saturated carbocycles. The van der Waals surface area contributed by atoms with Crippen LogP contribution in [0.1, 0.15) is 10.6 Å². The summed E-state index contributed by atoms with van der Waals surface area (Å²) in [6.07, 6.45) is 0. The van der Waals surface area contributed by atoms with Crippen LogP contribution in [0.25, 0.3) is 10.2 Å². The van der Waals surface area contributed by atoms with Crippen LogP contribution in [0.2, 0.25) is 0 Å². The van der Waals surface area contributed by atoms with Crippen molar-refractivity contribution in [2.24, 2.45) is 0 Å². The van der Waals surface area contributed by atoms with Gasteiger partial charge in [0.2, 0.25) is 0 Å². The van der Waals surface area contributed by atoms with Crippen LogP contribution >= 0.6 is 11.3 Å². The van der Waals surface area contributed by atoms with E-state index in [0.717, 1.165) is 32.2 Å². The minimum Gasteiger partial charge on any atom is -0.493 e. The van der Waals surface area contributed by atoms with Crippen molar-refractivity contribution in [2.45, 2.75) is 13.1 Å². The Morgan fingerprint density at radius 2 is 1.89 bits per heavy atom. The van der Waals surface area contributed by atoms with Gasteiger partial charge in [-0.15, -0.1) is 11.3 Å². The fraction of sp³-hybridized carbons (Fsp3) is 0.333. The summed E-state index contributed by atoms with van der Waals surface area (Å²) in [6, 6.07) is 13.9. The quantitative estimate of drug-likeness (QED) is 0.628. The van der Waals surface area contributed by atoms with Crippen LogP contribution in [0.5, 0.6) is 11.5 Å². The number of fused-ring (bicyclic) bond motifs is 1. The molecule has 148 valence electrons. The van der Waals surface area contributed by atoms with Crippen molar-refractivity contribution in [3.8, 4) is 11.5 Å². The second-order valence-electron chi connectivity index (χ2n) is 6.83. The van der Waals surface area contributed by atoms with E-state index in [1.165, 1.54) is 0 Å². The first kappa shape index (κ1) is 20.1. The maximum atomic E-state index is 12.6. The van der Waals surface area contributed by atoms with Gasteiger partial charge in [0.25, 0.3) is 5.91 Å². The lowest BCUT2D eigenvalue weighted by Crippen LogP contribution is -3.08. The Balaban J connectivity index is 1.57. The predicted molar refractivity (Wildman–Crippen MR) is 111 cm³/mol. The Morgan fingerprint density at radius 3 is 2.61 bits per heavy atom. The molecule has 0 spiro atoms. The number of likely N-dealkylation sites (N-methyl/N-ethyl adjacent to an activating group) is 2. The third-order valence-corrected chi connectivity index (χ3v) is 5.56. The highest BCUT2D eigenvalue weighted by Gasteiger charge is 2.17. The molecular weight excluding hydrogens is 374 g/mol. The number of benzene rings is 2. The topological polar surface area (TPSA) is 56.1 Å². The van der Waals surface area contributed by atoms with Gasteiger partial charge in [0.05, 0.1) is 38.0 Å².